The maximum Gasteiger partial charge on any atom is 0.310 e. The third kappa shape index (κ3) is 5.14. The fraction of sp³-hybridized carbons (Fsp3) is 0.133. The van der Waals surface area contributed by atoms with Crippen molar-refractivity contribution in [2.24, 2.45) is 5.73 Å². The summed E-state index contributed by atoms with van der Waals surface area (Å²) in [4.78, 5) is 30.2. The zero-order valence-electron chi connectivity index (χ0n) is 12.6. The number of carboxylic acids is 1. The summed E-state index contributed by atoms with van der Waals surface area (Å²) in [5.74, 6) is -2.27. The standard InChI is InChI=1S/C11H9NO4S.C4H6O3/c12-11(13)9-6-5-7-3-1-2-4-8(7)10(9)17(14,15)16;1-3(5)2-4(6)7/h1-6H,(H2,12,13)(H,14,15,16);2H2,1H3,(H,6,7). The highest BCUT2D eigenvalue weighted by Gasteiger charge is 2.21. The second kappa shape index (κ2) is 7.66. The molecule has 0 saturated heterocycles. The van der Waals surface area contributed by atoms with Gasteiger partial charge >= 0.3 is 5.97 Å². The van der Waals surface area contributed by atoms with Crippen molar-refractivity contribution in [3.05, 3.63) is 42.0 Å². The minimum Gasteiger partial charge on any atom is -0.481 e. The van der Waals surface area contributed by atoms with Gasteiger partial charge in [-0.05, 0) is 18.4 Å². The number of Topliss-reactive ketones (excluding diaryl/α,β-unsaturated/α-hetero) is 1. The lowest BCUT2D eigenvalue weighted by atomic mass is 10.1. The first-order chi connectivity index (χ1) is 11.0. The van der Waals surface area contributed by atoms with E-state index in [1.165, 1.54) is 19.1 Å². The van der Waals surface area contributed by atoms with Gasteiger partial charge in [0, 0.05) is 5.39 Å². The van der Waals surface area contributed by atoms with Crippen molar-refractivity contribution < 1.29 is 32.5 Å². The van der Waals surface area contributed by atoms with Crippen molar-refractivity contribution in [1.29, 1.82) is 0 Å². The molecular weight excluding hydrogens is 338 g/mol. The van der Waals surface area contributed by atoms with Gasteiger partial charge in [0.15, 0.2) is 0 Å². The van der Waals surface area contributed by atoms with Gasteiger partial charge in [-0.3, -0.25) is 18.9 Å². The van der Waals surface area contributed by atoms with E-state index in [1.807, 2.05) is 0 Å². The van der Waals surface area contributed by atoms with E-state index in [1.54, 1.807) is 24.3 Å². The number of hydrogen-bond acceptors (Lipinski definition) is 5. The molecule has 0 heterocycles. The van der Waals surface area contributed by atoms with E-state index < -0.39 is 26.9 Å². The Morgan fingerprint density at radius 1 is 1.08 bits per heavy atom. The molecule has 2 rings (SSSR count). The van der Waals surface area contributed by atoms with Gasteiger partial charge in [-0.25, -0.2) is 0 Å². The van der Waals surface area contributed by atoms with Crippen LogP contribution < -0.4 is 5.73 Å². The molecule has 9 heteroatoms. The van der Waals surface area contributed by atoms with Crippen molar-refractivity contribution in [2.45, 2.75) is 18.2 Å². The van der Waals surface area contributed by atoms with Gasteiger partial charge < -0.3 is 10.8 Å². The summed E-state index contributed by atoms with van der Waals surface area (Å²) in [6, 6.07) is 9.37. The Labute approximate surface area is 137 Å². The molecule has 24 heavy (non-hydrogen) atoms. The maximum atomic E-state index is 11.3. The highest BCUT2D eigenvalue weighted by Crippen LogP contribution is 2.26. The zero-order chi connectivity index (χ0) is 18.5. The molecule has 0 aromatic heterocycles. The van der Waals surface area contributed by atoms with Gasteiger partial charge in [0.1, 0.15) is 17.1 Å². The predicted molar refractivity (Wildman–Crippen MR) is 85.2 cm³/mol. The minimum absolute atomic E-state index is 0.216. The Kier molecular flexibility index (Phi) is 6.15. The van der Waals surface area contributed by atoms with E-state index in [2.05, 4.69) is 0 Å². The SMILES string of the molecule is CC(=O)CC(=O)O.NC(=O)c1ccc2ccccc2c1S(=O)(=O)O. The number of hydrogen-bond donors (Lipinski definition) is 3. The summed E-state index contributed by atoms with van der Waals surface area (Å²) in [6.07, 6.45) is -0.361. The molecule has 128 valence electrons. The lowest BCUT2D eigenvalue weighted by molar-refractivity contribution is -0.139. The average molecular weight is 353 g/mol. The lowest BCUT2D eigenvalue weighted by Gasteiger charge is -2.07. The van der Waals surface area contributed by atoms with Crippen LogP contribution in [0.2, 0.25) is 0 Å². The molecule has 0 aliphatic heterocycles. The Balaban J connectivity index is 0.000000351. The van der Waals surface area contributed by atoms with Crippen LogP contribution in [0.3, 0.4) is 0 Å². The molecule has 0 aliphatic rings. The van der Waals surface area contributed by atoms with Crippen LogP contribution in [-0.4, -0.2) is 35.7 Å². The van der Waals surface area contributed by atoms with Gasteiger partial charge in [0.05, 0.1) is 5.56 Å². The smallest absolute Gasteiger partial charge is 0.310 e. The van der Waals surface area contributed by atoms with Crippen LogP contribution in [0.15, 0.2) is 41.3 Å². The van der Waals surface area contributed by atoms with Gasteiger partial charge in [-0.2, -0.15) is 8.42 Å². The van der Waals surface area contributed by atoms with E-state index in [0.29, 0.717) is 5.39 Å². The molecular formula is C15H15NO7S. The van der Waals surface area contributed by atoms with Crippen LogP contribution in [0.5, 0.6) is 0 Å². The Hall–Kier alpha value is -2.78. The second-order valence-electron chi connectivity index (χ2n) is 4.78. The topological polar surface area (TPSA) is 152 Å². The first-order valence-corrected chi connectivity index (χ1v) is 7.98. The number of benzene rings is 2. The molecule has 2 aromatic carbocycles. The highest BCUT2D eigenvalue weighted by molar-refractivity contribution is 7.86. The Morgan fingerprint density at radius 2 is 1.67 bits per heavy atom. The van der Waals surface area contributed by atoms with E-state index in [9.17, 15) is 27.4 Å². The maximum absolute atomic E-state index is 11.3. The van der Waals surface area contributed by atoms with Gasteiger partial charge in [0.25, 0.3) is 10.1 Å². The fourth-order valence-electron chi connectivity index (χ4n) is 1.93. The number of carboxylic acid groups (broad SMARTS) is 1. The largest absolute Gasteiger partial charge is 0.481 e. The molecule has 0 radical (unpaired) electrons. The van der Waals surface area contributed by atoms with Crippen molar-refractivity contribution in [1.82, 2.24) is 0 Å². The van der Waals surface area contributed by atoms with Crippen LogP contribution >= 0.6 is 0 Å². The third-order valence-corrected chi connectivity index (χ3v) is 3.76. The van der Waals surface area contributed by atoms with E-state index in [-0.39, 0.29) is 23.2 Å². The minimum atomic E-state index is -4.51. The zero-order valence-corrected chi connectivity index (χ0v) is 13.4. The molecule has 0 atom stereocenters. The van der Waals surface area contributed by atoms with Gasteiger partial charge in [0.2, 0.25) is 5.91 Å². The molecule has 8 nitrogen and oxygen atoms in total. The number of aliphatic carboxylic acids is 1. The Bertz CT molecular complexity index is 891. The molecule has 0 unspecified atom stereocenters. The number of primary amides is 1. The molecule has 2 aromatic rings. The molecule has 0 aliphatic carbocycles. The molecule has 0 bridgehead atoms. The number of ketones is 1. The van der Waals surface area contributed by atoms with Crippen molar-refractivity contribution in [3.63, 3.8) is 0 Å². The summed E-state index contributed by atoms with van der Waals surface area (Å²) in [7, 11) is -4.51. The van der Waals surface area contributed by atoms with Crippen LogP contribution in [0.1, 0.15) is 23.7 Å². The summed E-state index contributed by atoms with van der Waals surface area (Å²) < 4.78 is 31.8. The molecule has 0 spiro atoms. The van der Waals surface area contributed by atoms with Crippen LogP contribution in [0, 0.1) is 0 Å². The highest BCUT2D eigenvalue weighted by atomic mass is 32.2. The first kappa shape index (κ1) is 19.3. The number of amides is 1. The summed E-state index contributed by atoms with van der Waals surface area (Å²) in [5, 5.41) is 8.73. The average Bonchev–Trinajstić information content (AvgIpc) is 2.44. The Morgan fingerprint density at radius 3 is 2.08 bits per heavy atom. The lowest BCUT2D eigenvalue weighted by Crippen LogP contribution is -2.16. The number of rotatable bonds is 4. The third-order valence-electron chi connectivity index (χ3n) is 2.80. The molecule has 1 amide bonds. The van der Waals surface area contributed by atoms with Crippen molar-refractivity contribution in [3.8, 4) is 0 Å². The van der Waals surface area contributed by atoms with Crippen LogP contribution in [0.4, 0.5) is 0 Å². The fourth-order valence-corrected chi connectivity index (χ4v) is 2.84. The normalized spacial score (nSPS) is 10.6. The van der Waals surface area contributed by atoms with Crippen molar-refractivity contribution in [2.75, 3.05) is 0 Å². The number of fused-ring (bicyclic) bond motifs is 1. The quantitative estimate of drug-likeness (QED) is 0.552. The van der Waals surface area contributed by atoms with Gasteiger partial charge in [-0.15, -0.1) is 0 Å². The predicted octanol–water partition coefficient (Wildman–Crippen LogP) is 1.24. The molecule has 0 fully saturated rings. The number of carbonyl (C=O) groups excluding carboxylic acids is 2. The number of nitrogens with two attached hydrogens (primary N) is 1. The summed E-state index contributed by atoms with van der Waals surface area (Å²) >= 11 is 0. The van der Waals surface area contributed by atoms with Gasteiger partial charge in [-0.1, -0.05) is 30.3 Å². The van der Waals surface area contributed by atoms with Crippen molar-refractivity contribution >= 4 is 38.6 Å². The van der Waals surface area contributed by atoms with E-state index in [0.717, 1.165) is 0 Å². The molecule has 4 N–H and O–H groups in total. The second-order valence-corrected chi connectivity index (χ2v) is 6.13. The number of carbonyl (C=O) groups is 3. The summed E-state index contributed by atoms with van der Waals surface area (Å²) in [6.45, 7) is 1.24. The molecule has 0 saturated carbocycles. The van der Waals surface area contributed by atoms with Crippen LogP contribution in [-0.2, 0) is 19.7 Å². The summed E-state index contributed by atoms with van der Waals surface area (Å²) in [5.41, 5.74) is 4.87. The van der Waals surface area contributed by atoms with E-state index in [4.69, 9.17) is 10.8 Å². The monoisotopic (exact) mass is 353 g/mol. The first-order valence-electron chi connectivity index (χ1n) is 6.54. The van der Waals surface area contributed by atoms with Crippen LogP contribution in [0.25, 0.3) is 10.8 Å². The van der Waals surface area contributed by atoms with E-state index >= 15 is 0 Å².